The molecule has 0 radical (unpaired) electrons. The lowest BCUT2D eigenvalue weighted by atomic mass is 10.2. The third-order valence-electron chi connectivity index (χ3n) is 2.99. The minimum atomic E-state index is -0.422. The Hall–Kier alpha value is -1.89. The summed E-state index contributed by atoms with van der Waals surface area (Å²) in [7, 11) is 0. The average Bonchev–Trinajstić information content (AvgIpc) is 2.92. The number of carbonyl (C=O) groups excluding carboxylic acids is 1. The molecule has 5 nitrogen and oxygen atoms in total. The fourth-order valence-corrected chi connectivity index (χ4v) is 2.38. The number of fused-ring (bicyclic) bond motifs is 1. The van der Waals surface area contributed by atoms with Gasteiger partial charge in [0.1, 0.15) is 24.4 Å². The van der Waals surface area contributed by atoms with E-state index in [0.717, 1.165) is 0 Å². The molecule has 0 atom stereocenters. The molecule has 3 rings (SSSR count). The van der Waals surface area contributed by atoms with Gasteiger partial charge in [0.25, 0.3) is 0 Å². The normalized spacial score (nSPS) is 13.8. The van der Waals surface area contributed by atoms with Crippen LogP contribution < -0.4 is 9.64 Å². The van der Waals surface area contributed by atoms with Gasteiger partial charge in [0.2, 0.25) is 5.91 Å². The second-order valence-electron chi connectivity index (χ2n) is 4.30. The van der Waals surface area contributed by atoms with Crippen molar-refractivity contribution < 1.29 is 18.4 Å². The standard InChI is InChI=1S/C13H10BrFN2O3/c14-9-6-11-12(7-10(9)15)19-4-2-17(11)13(18)5-8-1-3-20-16-8/h1,3,6-7H,2,4-5H2. The number of ether oxygens (including phenoxy) is 1. The highest BCUT2D eigenvalue weighted by Crippen LogP contribution is 2.36. The van der Waals surface area contributed by atoms with Gasteiger partial charge in [0, 0.05) is 12.1 Å². The number of hydrogen-bond donors (Lipinski definition) is 0. The molecule has 2 heterocycles. The van der Waals surface area contributed by atoms with Crippen molar-refractivity contribution in [2.45, 2.75) is 6.42 Å². The lowest BCUT2D eigenvalue weighted by Gasteiger charge is -2.29. The van der Waals surface area contributed by atoms with Gasteiger partial charge in [-0.05, 0) is 22.0 Å². The van der Waals surface area contributed by atoms with E-state index >= 15 is 0 Å². The van der Waals surface area contributed by atoms with Crippen molar-refractivity contribution in [3.05, 3.63) is 40.4 Å². The fourth-order valence-electron chi connectivity index (χ4n) is 2.05. The largest absolute Gasteiger partial charge is 0.489 e. The molecule has 1 aromatic heterocycles. The molecular weight excluding hydrogens is 331 g/mol. The zero-order chi connectivity index (χ0) is 14.1. The van der Waals surface area contributed by atoms with Crippen molar-refractivity contribution in [1.82, 2.24) is 5.16 Å². The summed E-state index contributed by atoms with van der Waals surface area (Å²) in [4.78, 5) is 13.9. The number of amides is 1. The van der Waals surface area contributed by atoms with Crippen LogP contribution in [0.15, 0.2) is 33.5 Å². The summed E-state index contributed by atoms with van der Waals surface area (Å²) in [5, 5.41) is 3.72. The molecule has 0 aliphatic carbocycles. The minimum absolute atomic E-state index is 0.130. The van der Waals surface area contributed by atoms with Gasteiger partial charge in [-0.25, -0.2) is 4.39 Å². The van der Waals surface area contributed by atoms with E-state index in [1.54, 1.807) is 17.0 Å². The minimum Gasteiger partial charge on any atom is -0.489 e. The number of benzene rings is 1. The molecule has 20 heavy (non-hydrogen) atoms. The van der Waals surface area contributed by atoms with Crippen LogP contribution in [0.2, 0.25) is 0 Å². The molecule has 0 saturated heterocycles. The molecule has 0 N–H and O–H groups in total. The Kier molecular flexibility index (Phi) is 3.43. The molecule has 2 aromatic rings. The van der Waals surface area contributed by atoms with Gasteiger partial charge in [0.15, 0.2) is 0 Å². The lowest BCUT2D eigenvalue weighted by molar-refractivity contribution is -0.118. The van der Waals surface area contributed by atoms with Gasteiger partial charge < -0.3 is 14.2 Å². The smallest absolute Gasteiger partial charge is 0.233 e. The average molecular weight is 341 g/mol. The van der Waals surface area contributed by atoms with Crippen LogP contribution in [-0.2, 0) is 11.2 Å². The zero-order valence-electron chi connectivity index (χ0n) is 10.3. The van der Waals surface area contributed by atoms with Crippen LogP contribution in [0.1, 0.15) is 5.69 Å². The van der Waals surface area contributed by atoms with Crippen molar-refractivity contribution in [3.63, 3.8) is 0 Å². The van der Waals surface area contributed by atoms with Crippen LogP contribution in [0.4, 0.5) is 10.1 Å². The third kappa shape index (κ3) is 2.40. The van der Waals surface area contributed by atoms with Gasteiger partial charge in [-0.3, -0.25) is 4.79 Å². The summed E-state index contributed by atoms with van der Waals surface area (Å²) in [6, 6.07) is 4.46. The van der Waals surface area contributed by atoms with Crippen LogP contribution in [0.25, 0.3) is 0 Å². The lowest BCUT2D eigenvalue weighted by Crippen LogP contribution is -2.39. The molecule has 1 aromatic carbocycles. The molecule has 0 bridgehead atoms. The molecule has 1 aliphatic heterocycles. The van der Waals surface area contributed by atoms with E-state index in [1.807, 2.05) is 0 Å². The number of halogens is 2. The summed E-state index contributed by atoms with van der Waals surface area (Å²) in [6.45, 7) is 0.750. The van der Waals surface area contributed by atoms with E-state index in [0.29, 0.717) is 34.8 Å². The molecule has 0 unspecified atom stereocenters. The van der Waals surface area contributed by atoms with Crippen molar-refractivity contribution in [2.24, 2.45) is 0 Å². The van der Waals surface area contributed by atoms with Crippen LogP contribution in [0, 0.1) is 5.82 Å². The van der Waals surface area contributed by atoms with Crippen LogP contribution in [0.3, 0.4) is 0 Å². The number of anilines is 1. The Balaban J connectivity index is 1.89. The monoisotopic (exact) mass is 340 g/mol. The topological polar surface area (TPSA) is 55.6 Å². The second-order valence-corrected chi connectivity index (χ2v) is 5.15. The number of carbonyl (C=O) groups is 1. The molecule has 104 valence electrons. The van der Waals surface area contributed by atoms with E-state index in [2.05, 4.69) is 21.1 Å². The Bertz CT molecular complexity index is 645. The molecular formula is C13H10BrFN2O3. The van der Waals surface area contributed by atoms with Crippen LogP contribution in [-0.4, -0.2) is 24.2 Å². The first kappa shape index (κ1) is 13.1. The highest BCUT2D eigenvalue weighted by Gasteiger charge is 2.25. The van der Waals surface area contributed by atoms with Gasteiger partial charge in [-0.2, -0.15) is 0 Å². The predicted molar refractivity (Wildman–Crippen MR) is 72.2 cm³/mol. The first-order chi connectivity index (χ1) is 9.65. The Labute approximate surface area is 122 Å². The molecule has 0 saturated carbocycles. The number of rotatable bonds is 2. The SMILES string of the molecule is O=C(Cc1ccon1)N1CCOc2cc(F)c(Br)cc21. The maximum Gasteiger partial charge on any atom is 0.233 e. The van der Waals surface area contributed by atoms with Gasteiger partial charge in [-0.15, -0.1) is 0 Å². The summed E-state index contributed by atoms with van der Waals surface area (Å²) in [6.07, 6.45) is 1.55. The third-order valence-corrected chi connectivity index (χ3v) is 3.60. The Morgan fingerprint density at radius 3 is 3.10 bits per heavy atom. The highest BCUT2D eigenvalue weighted by molar-refractivity contribution is 9.10. The fraction of sp³-hybridized carbons (Fsp3) is 0.231. The van der Waals surface area contributed by atoms with E-state index in [9.17, 15) is 9.18 Å². The molecule has 0 fully saturated rings. The second kappa shape index (κ2) is 5.24. The maximum absolute atomic E-state index is 13.5. The maximum atomic E-state index is 13.5. The first-order valence-corrected chi connectivity index (χ1v) is 6.76. The quantitative estimate of drug-likeness (QED) is 0.842. The number of aromatic nitrogens is 1. The molecule has 7 heteroatoms. The molecule has 1 aliphatic rings. The number of nitrogens with zero attached hydrogens (tertiary/aromatic N) is 2. The molecule has 0 spiro atoms. The summed E-state index contributed by atoms with van der Waals surface area (Å²) < 4.78 is 23.9. The predicted octanol–water partition coefficient (Wildman–Crippen LogP) is 2.54. The van der Waals surface area contributed by atoms with Crippen molar-refractivity contribution in [3.8, 4) is 5.75 Å². The summed E-state index contributed by atoms with van der Waals surface area (Å²) in [5.74, 6) is -0.193. The van der Waals surface area contributed by atoms with Crippen molar-refractivity contribution >= 4 is 27.5 Å². The van der Waals surface area contributed by atoms with Gasteiger partial charge in [-0.1, -0.05) is 5.16 Å². The van der Waals surface area contributed by atoms with Gasteiger partial charge >= 0.3 is 0 Å². The Morgan fingerprint density at radius 1 is 1.50 bits per heavy atom. The molecule has 1 amide bonds. The number of hydrogen-bond acceptors (Lipinski definition) is 4. The highest BCUT2D eigenvalue weighted by atomic mass is 79.9. The van der Waals surface area contributed by atoms with Gasteiger partial charge in [0.05, 0.1) is 28.8 Å². The Morgan fingerprint density at radius 2 is 2.35 bits per heavy atom. The summed E-state index contributed by atoms with van der Waals surface area (Å²) in [5.41, 5.74) is 1.11. The zero-order valence-corrected chi connectivity index (χ0v) is 11.9. The van der Waals surface area contributed by atoms with Crippen molar-refractivity contribution in [2.75, 3.05) is 18.1 Å². The summed E-state index contributed by atoms with van der Waals surface area (Å²) >= 11 is 3.12. The van der Waals surface area contributed by atoms with E-state index in [1.165, 1.54) is 12.3 Å². The van der Waals surface area contributed by atoms with Crippen molar-refractivity contribution in [1.29, 1.82) is 0 Å². The van der Waals surface area contributed by atoms with E-state index in [4.69, 9.17) is 9.26 Å². The van der Waals surface area contributed by atoms with E-state index in [-0.39, 0.29) is 12.3 Å². The van der Waals surface area contributed by atoms with E-state index < -0.39 is 5.82 Å². The van der Waals surface area contributed by atoms with Crippen LogP contribution in [0.5, 0.6) is 5.75 Å². The van der Waals surface area contributed by atoms with Crippen LogP contribution >= 0.6 is 15.9 Å². The first-order valence-electron chi connectivity index (χ1n) is 5.96.